The summed E-state index contributed by atoms with van der Waals surface area (Å²) in [6, 6.07) is 10.2. The predicted molar refractivity (Wildman–Crippen MR) is 113 cm³/mol. The Kier molecular flexibility index (Phi) is 6.19. The maximum Gasteiger partial charge on any atom is 0.244 e. The van der Waals surface area contributed by atoms with Crippen molar-refractivity contribution in [1.82, 2.24) is 0 Å². The van der Waals surface area contributed by atoms with Crippen molar-refractivity contribution in [3.8, 4) is 0 Å². The lowest BCUT2D eigenvalue weighted by atomic mass is 9.95. The Hall–Kier alpha value is -1.70. The molecule has 0 radical (unpaired) electrons. The van der Waals surface area contributed by atoms with Crippen molar-refractivity contribution < 1.29 is 14.2 Å². The third kappa shape index (κ3) is 3.81. The van der Waals surface area contributed by atoms with Gasteiger partial charge in [0.2, 0.25) is 18.2 Å². The Morgan fingerprint density at radius 3 is 2.04 bits per heavy atom. The molecule has 144 valence electrons. The molecule has 0 amide bonds. The van der Waals surface area contributed by atoms with Crippen LogP contribution in [0.25, 0.3) is 0 Å². The van der Waals surface area contributed by atoms with Gasteiger partial charge < -0.3 is 4.57 Å². The van der Waals surface area contributed by atoms with Crippen LogP contribution in [-0.2, 0) is 15.2 Å². The minimum absolute atomic E-state index is 0.251. The molecule has 2 aromatic rings. The Morgan fingerprint density at radius 1 is 1.00 bits per heavy atom. The average Bonchev–Trinajstić information content (AvgIpc) is 2.60. The summed E-state index contributed by atoms with van der Waals surface area (Å²) in [6.07, 6.45) is 0. The summed E-state index contributed by atoms with van der Waals surface area (Å²) in [7, 11) is -4.02. The number of alkyl halides is 1. The average molecular weight is 405 g/mol. The smallest absolute Gasteiger partial charge is 0.244 e. The first-order valence-corrected chi connectivity index (χ1v) is 11.1. The van der Waals surface area contributed by atoms with Crippen LogP contribution in [0, 0.1) is 26.2 Å². The second kappa shape index (κ2) is 7.73. The molecule has 1 atom stereocenters. The molecule has 0 aliphatic carbocycles. The Morgan fingerprint density at radius 2 is 1.56 bits per heavy atom. The predicted octanol–water partition coefficient (Wildman–Crippen LogP) is 5.75. The number of carbonyl (C=O) groups excluding carboxylic acids is 2. The van der Waals surface area contributed by atoms with Gasteiger partial charge in [-0.25, -0.2) is 0 Å². The summed E-state index contributed by atoms with van der Waals surface area (Å²) in [6.45, 7) is 10.6. The summed E-state index contributed by atoms with van der Waals surface area (Å²) < 4.78 is 14.1. The van der Waals surface area contributed by atoms with Crippen molar-refractivity contribution in [1.29, 1.82) is 0 Å². The quantitative estimate of drug-likeness (QED) is 0.470. The molecule has 3 nitrogen and oxygen atoms in total. The first kappa shape index (κ1) is 21.6. The first-order valence-electron chi connectivity index (χ1n) is 8.87. The highest BCUT2D eigenvalue weighted by Gasteiger charge is 2.47. The lowest BCUT2D eigenvalue weighted by Gasteiger charge is -2.26. The van der Waals surface area contributed by atoms with E-state index in [1.165, 1.54) is 0 Å². The fraction of sp³-hybridized carbons (Fsp3) is 0.364. The van der Waals surface area contributed by atoms with Gasteiger partial charge in [-0.2, -0.15) is 0 Å². The van der Waals surface area contributed by atoms with Crippen molar-refractivity contribution in [3.63, 3.8) is 0 Å². The number of carbonyl (C=O) groups is 2. The van der Waals surface area contributed by atoms with Crippen LogP contribution >= 0.6 is 18.7 Å². The van der Waals surface area contributed by atoms with Crippen LogP contribution in [0.5, 0.6) is 0 Å². The van der Waals surface area contributed by atoms with Crippen LogP contribution in [0.3, 0.4) is 0 Å². The molecule has 0 spiro atoms. The zero-order valence-corrected chi connectivity index (χ0v) is 18.4. The van der Waals surface area contributed by atoms with Gasteiger partial charge in [0.05, 0.1) is 0 Å². The second-order valence-electron chi connectivity index (χ2n) is 7.93. The molecule has 0 N–H and O–H groups in total. The van der Waals surface area contributed by atoms with E-state index in [1.807, 2.05) is 26.8 Å². The van der Waals surface area contributed by atoms with Crippen molar-refractivity contribution in [3.05, 3.63) is 64.2 Å². The van der Waals surface area contributed by atoms with Gasteiger partial charge in [-0.05, 0) is 43.0 Å². The van der Waals surface area contributed by atoms with Gasteiger partial charge in [-0.1, -0.05) is 57.2 Å². The van der Waals surface area contributed by atoms with Crippen molar-refractivity contribution in [2.45, 2.75) is 47.4 Å². The van der Waals surface area contributed by atoms with Crippen molar-refractivity contribution >= 4 is 35.1 Å². The molecule has 0 heterocycles. The SMILES string of the molecule is Cc1cc(C)c(C(=O)P(=O)(C(=O)C(C)(C)C)c2ccccc2)c(C)c1CCl. The van der Waals surface area contributed by atoms with E-state index < -0.39 is 23.6 Å². The normalized spacial score (nSPS) is 13.9. The highest BCUT2D eigenvalue weighted by molar-refractivity contribution is 8.00. The van der Waals surface area contributed by atoms with E-state index in [0.717, 1.165) is 11.1 Å². The number of hydrogen-bond donors (Lipinski definition) is 0. The Balaban J connectivity index is 2.82. The summed E-state index contributed by atoms with van der Waals surface area (Å²) in [5.41, 5.74) is 1.53. The molecule has 2 rings (SSSR count). The van der Waals surface area contributed by atoms with E-state index in [9.17, 15) is 14.2 Å². The largest absolute Gasteiger partial charge is 0.302 e. The topological polar surface area (TPSA) is 51.2 Å². The molecule has 5 heteroatoms. The lowest BCUT2D eigenvalue weighted by molar-refractivity contribution is -0.118. The van der Waals surface area contributed by atoms with Gasteiger partial charge in [0.1, 0.15) is 0 Å². The molecule has 0 aliphatic rings. The summed E-state index contributed by atoms with van der Waals surface area (Å²) in [5.74, 6) is 0.251. The molecule has 0 saturated heterocycles. The molecule has 0 bridgehead atoms. The second-order valence-corrected chi connectivity index (χ2v) is 10.7. The van der Waals surface area contributed by atoms with E-state index in [-0.39, 0.29) is 11.2 Å². The third-order valence-corrected chi connectivity index (χ3v) is 8.14. The number of halogens is 1. The van der Waals surface area contributed by atoms with Crippen LogP contribution in [0.15, 0.2) is 36.4 Å². The molecule has 1 unspecified atom stereocenters. The zero-order chi connectivity index (χ0) is 20.6. The monoisotopic (exact) mass is 404 g/mol. The number of rotatable bonds is 5. The Bertz CT molecular complexity index is 940. The van der Waals surface area contributed by atoms with Gasteiger partial charge in [0.25, 0.3) is 0 Å². The molecule has 0 saturated carbocycles. The Labute approximate surface area is 166 Å². The maximum absolute atomic E-state index is 14.1. The van der Waals surface area contributed by atoms with E-state index in [2.05, 4.69) is 0 Å². The van der Waals surface area contributed by atoms with Gasteiger partial charge >= 0.3 is 0 Å². The van der Waals surface area contributed by atoms with Gasteiger partial charge in [-0.15, -0.1) is 11.6 Å². The molecule has 27 heavy (non-hydrogen) atoms. The van der Waals surface area contributed by atoms with E-state index in [0.29, 0.717) is 16.7 Å². The molecule has 2 aromatic carbocycles. The van der Waals surface area contributed by atoms with Gasteiger partial charge in [0.15, 0.2) is 0 Å². The number of hydrogen-bond acceptors (Lipinski definition) is 3. The standard InChI is InChI=1S/C22H26ClO3P/c1-14-12-15(2)19(16(3)18(14)13-23)20(24)27(26,21(25)22(4,5)6)17-10-8-7-9-11-17/h7-12H,13H2,1-6H3. The minimum atomic E-state index is -4.02. The zero-order valence-electron chi connectivity index (χ0n) is 16.7. The first-order chi connectivity index (χ1) is 12.5. The highest BCUT2D eigenvalue weighted by atomic mass is 35.5. The minimum Gasteiger partial charge on any atom is -0.302 e. The number of benzene rings is 2. The van der Waals surface area contributed by atoms with Crippen LogP contribution in [0.4, 0.5) is 0 Å². The van der Waals surface area contributed by atoms with Gasteiger partial charge in [-0.3, -0.25) is 9.59 Å². The van der Waals surface area contributed by atoms with Crippen molar-refractivity contribution in [2.24, 2.45) is 5.41 Å². The highest BCUT2D eigenvalue weighted by Crippen LogP contribution is 2.54. The third-order valence-electron chi connectivity index (χ3n) is 4.81. The fourth-order valence-electron chi connectivity index (χ4n) is 3.36. The summed E-state index contributed by atoms with van der Waals surface area (Å²) in [4.78, 5) is 26.9. The van der Waals surface area contributed by atoms with Crippen LogP contribution in [0.2, 0.25) is 0 Å². The summed E-state index contributed by atoms with van der Waals surface area (Å²) >= 11 is 6.09. The molecule has 0 aliphatic heterocycles. The lowest BCUT2D eigenvalue weighted by Crippen LogP contribution is -2.29. The van der Waals surface area contributed by atoms with Gasteiger partial charge in [0, 0.05) is 22.2 Å². The molecular formula is C22H26ClO3P. The fourth-order valence-corrected chi connectivity index (χ4v) is 6.62. The molecule has 0 aromatic heterocycles. The molecule has 0 fully saturated rings. The van der Waals surface area contributed by atoms with Crippen LogP contribution < -0.4 is 5.30 Å². The molecular weight excluding hydrogens is 379 g/mol. The summed E-state index contributed by atoms with van der Waals surface area (Å²) in [5, 5.41) is 0.279. The number of aryl methyl sites for hydroxylation is 2. The maximum atomic E-state index is 14.1. The van der Waals surface area contributed by atoms with Crippen LogP contribution in [-0.4, -0.2) is 11.0 Å². The van der Waals surface area contributed by atoms with Crippen molar-refractivity contribution in [2.75, 3.05) is 0 Å². The van der Waals surface area contributed by atoms with Crippen LogP contribution in [0.1, 0.15) is 53.4 Å². The van der Waals surface area contributed by atoms with E-state index in [1.54, 1.807) is 51.1 Å². The van der Waals surface area contributed by atoms with E-state index >= 15 is 0 Å². The van der Waals surface area contributed by atoms with E-state index in [4.69, 9.17) is 11.6 Å².